The van der Waals surface area contributed by atoms with Crippen LogP contribution in [0.3, 0.4) is 0 Å². The van der Waals surface area contributed by atoms with Crippen LogP contribution in [0.5, 0.6) is 0 Å². The van der Waals surface area contributed by atoms with Crippen LogP contribution in [0.2, 0.25) is 0 Å². The number of thioether (sulfide) groups is 1. The average Bonchev–Trinajstić information content (AvgIpc) is 2.73. The van der Waals surface area contributed by atoms with Crippen LogP contribution in [0.15, 0.2) is 63.0 Å². The van der Waals surface area contributed by atoms with Crippen molar-refractivity contribution in [2.45, 2.75) is 25.0 Å². The second kappa shape index (κ2) is 9.90. The van der Waals surface area contributed by atoms with Gasteiger partial charge in [0.2, 0.25) is 5.91 Å². The van der Waals surface area contributed by atoms with E-state index in [-0.39, 0.29) is 24.0 Å². The Bertz CT molecular complexity index is 1130. The van der Waals surface area contributed by atoms with E-state index in [1.165, 1.54) is 0 Å². The lowest BCUT2D eigenvalue weighted by atomic mass is 10.1. The van der Waals surface area contributed by atoms with Gasteiger partial charge < -0.3 is 4.74 Å². The number of carbonyl (C=O) groups excluding carboxylic acids is 2. The van der Waals surface area contributed by atoms with Crippen molar-refractivity contribution in [3.8, 4) is 0 Å². The lowest BCUT2D eigenvalue weighted by Gasteiger charge is -2.20. The monoisotopic (exact) mass is 489 g/mol. The molecule has 0 saturated carbocycles. The van der Waals surface area contributed by atoms with E-state index in [0.29, 0.717) is 16.1 Å². The Morgan fingerprint density at radius 1 is 1.23 bits per heavy atom. The summed E-state index contributed by atoms with van der Waals surface area (Å²) in [5.74, 6) is -0.614. The first-order valence-electron chi connectivity index (χ1n) is 9.26. The molecule has 2 aromatic carbocycles. The first-order valence-corrected chi connectivity index (χ1v) is 11.0. The van der Waals surface area contributed by atoms with Crippen molar-refractivity contribution in [2.24, 2.45) is 0 Å². The molecule has 0 aliphatic heterocycles. The Morgan fingerprint density at radius 3 is 2.67 bits per heavy atom. The summed E-state index contributed by atoms with van der Waals surface area (Å²) < 4.78 is 7.07. The summed E-state index contributed by atoms with van der Waals surface area (Å²) in [5.41, 5.74) is 1.27. The van der Waals surface area contributed by atoms with Gasteiger partial charge in [-0.1, -0.05) is 58.0 Å². The lowest BCUT2D eigenvalue weighted by Crippen LogP contribution is -2.33. The van der Waals surface area contributed by atoms with Crippen molar-refractivity contribution in [3.63, 3.8) is 0 Å². The Morgan fingerprint density at radius 2 is 1.97 bits per heavy atom. The van der Waals surface area contributed by atoms with Crippen LogP contribution in [0, 0.1) is 0 Å². The number of hydrogen-bond donors (Lipinski definition) is 1. The quantitative estimate of drug-likeness (QED) is 0.413. The van der Waals surface area contributed by atoms with Gasteiger partial charge in [0.1, 0.15) is 0 Å². The standard InChI is InChI=1S/C21H20BrN3O4S/c1-3-29-21(28)24-18(26)12-30-20-23-17-10-9-15(22)11-16(17)19(27)25(20)13(2)14-7-5-4-6-8-14/h4-11,13H,3,12H2,1-2H3,(H,24,26,28). The van der Waals surface area contributed by atoms with Crippen molar-refractivity contribution < 1.29 is 14.3 Å². The van der Waals surface area contributed by atoms with Gasteiger partial charge in [0.15, 0.2) is 5.16 Å². The van der Waals surface area contributed by atoms with Gasteiger partial charge in [0, 0.05) is 4.47 Å². The molecule has 1 aromatic heterocycles. The average molecular weight is 490 g/mol. The molecule has 1 atom stereocenters. The van der Waals surface area contributed by atoms with Gasteiger partial charge in [0.05, 0.1) is 29.3 Å². The second-order valence-electron chi connectivity index (χ2n) is 6.37. The Kier molecular flexibility index (Phi) is 7.28. The maximum atomic E-state index is 13.3. The number of fused-ring (bicyclic) bond motifs is 1. The summed E-state index contributed by atoms with van der Waals surface area (Å²) in [5, 5.41) is 3.02. The van der Waals surface area contributed by atoms with Gasteiger partial charge in [-0.15, -0.1) is 0 Å². The topological polar surface area (TPSA) is 90.3 Å². The van der Waals surface area contributed by atoms with Crippen molar-refractivity contribution in [2.75, 3.05) is 12.4 Å². The van der Waals surface area contributed by atoms with E-state index in [1.54, 1.807) is 23.6 Å². The molecule has 1 N–H and O–H groups in total. The number of imide groups is 1. The van der Waals surface area contributed by atoms with Crippen molar-refractivity contribution in [1.29, 1.82) is 0 Å². The minimum atomic E-state index is -0.797. The largest absolute Gasteiger partial charge is 0.450 e. The maximum absolute atomic E-state index is 13.3. The fraction of sp³-hybridized carbons (Fsp3) is 0.238. The predicted molar refractivity (Wildman–Crippen MR) is 120 cm³/mol. The van der Waals surface area contributed by atoms with Gasteiger partial charge in [-0.3, -0.25) is 19.5 Å². The third kappa shape index (κ3) is 5.09. The van der Waals surface area contributed by atoms with Gasteiger partial charge >= 0.3 is 6.09 Å². The third-order valence-corrected chi connectivity index (χ3v) is 5.79. The Labute approximate surface area is 186 Å². The molecule has 7 nitrogen and oxygen atoms in total. The molecule has 0 bridgehead atoms. The summed E-state index contributed by atoms with van der Waals surface area (Å²) >= 11 is 4.49. The molecule has 30 heavy (non-hydrogen) atoms. The highest BCUT2D eigenvalue weighted by Gasteiger charge is 2.19. The molecule has 0 fully saturated rings. The van der Waals surface area contributed by atoms with E-state index >= 15 is 0 Å². The molecule has 2 amide bonds. The van der Waals surface area contributed by atoms with Gasteiger partial charge in [0.25, 0.3) is 5.56 Å². The molecule has 156 valence electrons. The third-order valence-electron chi connectivity index (χ3n) is 4.35. The molecular formula is C21H20BrN3O4S. The highest BCUT2D eigenvalue weighted by Crippen LogP contribution is 2.25. The number of alkyl carbamates (subject to hydrolysis) is 1. The molecule has 3 aromatic rings. The minimum absolute atomic E-state index is 0.0885. The molecule has 0 spiro atoms. The number of rotatable bonds is 6. The zero-order chi connectivity index (χ0) is 21.7. The lowest BCUT2D eigenvalue weighted by molar-refractivity contribution is -0.117. The molecule has 0 radical (unpaired) electrons. The first kappa shape index (κ1) is 22.0. The number of aromatic nitrogens is 2. The van der Waals surface area contributed by atoms with Gasteiger partial charge in [-0.2, -0.15) is 0 Å². The highest BCUT2D eigenvalue weighted by molar-refractivity contribution is 9.10. The smallest absolute Gasteiger partial charge is 0.413 e. The van der Waals surface area contributed by atoms with E-state index < -0.39 is 12.0 Å². The zero-order valence-corrected chi connectivity index (χ0v) is 18.8. The zero-order valence-electron chi connectivity index (χ0n) is 16.4. The fourth-order valence-electron chi connectivity index (χ4n) is 2.92. The molecule has 3 rings (SSSR count). The second-order valence-corrected chi connectivity index (χ2v) is 8.23. The molecule has 0 aliphatic carbocycles. The van der Waals surface area contributed by atoms with Crippen LogP contribution in [-0.2, 0) is 9.53 Å². The van der Waals surface area contributed by atoms with E-state index in [9.17, 15) is 14.4 Å². The number of amides is 2. The number of hydrogen-bond acceptors (Lipinski definition) is 6. The predicted octanol–water partition coefficient (Wildman–Crippen LogP) is 4.13. The van der Waals surface area contributed by atoms with E-state index in [0.717, 1.165) is 21.8 Å². The number of carbonyl (C=O) groups is 2. The molecular weight excluding hydrogens is 470 g/mol. The van der Waals surface area contributed by atoms with Gasteiger partial charge in [-0.05, 0) is 37.6 Å². The number of nitrogens with one attached hydrogen (secondary N) is 1. The van der Waals surface area contributed by atoms with Crippen LogP contribution >= 0.6 is 27.7 Å². The highest BCUT2D eigenvalue weighted by atomic mass is 79.9. The van der Waals surface area contributed by atoms with Crippen LogP contribution in [0.1, 0.15) is 25.5 Å². The Balaban J connectivity index is 1.99. The van der Waals surface area contributed by atoms with Crippen LogP contribution < -0.4 is 10.9 Å². The summed E-state index contributed by atoms with van der Waals surface area (Å²) in [6, 6.07) is 14.6. The molecule has 1 heterocycles. The molecule has 0 aliphatic rings. The molecule has 1 unspecified atom stereocenters. The van der Waals surface area contributed by atoms with E-state index in [2.05, 4.69) is 26.2 Å². The van der Waals surface area contributed by atoms with Crippen molar-refractivity contribution >= 4 is 50.6 Å². The summed E-state index contributed by atoms with van der Waals surface area (Å²) in [6.07, 6.45) is -0.797. The normalized spacial score (nSPS) is 11.8. The SMILES string of the molecule is CCOC(=O)NC(=O)CSc1nc2ccc(Br)cc2c(=O)n1C(C)c1ccccc1. The van der Waals surface area contributed by atoms with Crippen LogP contribution in [-0.4, -0.2) is 33.9 Å². The summed E-state index contributed by atoms with van der Waals surface area (Å²) in [6.45, 7) is 3.73. The van der Waals surface area contributed by atoms with Crippen LogP contribution in [0.4, 0.5) is 4.79 Å². The Hall–Kier alpha value is -2.65. The summed E-state index contributed by atoms with van der Waals surface area (Å²) in [7, 11) is 0. The van der Waals surface area contributed by atoms with Gasteiger partial charge in [-0.25, -0.2) is 9.78 Å². The molecule has 0 saturated heterocycles. The number of nitrogens with zero attached hydrogens (tertiary/aromatic N) is 2. The maximum Gasteiger partial charge on any atom is 0.413 e. The number of ether oxygens (including phenoxy) is 1. The fourth-order valence-corrected chi connectivity index (χ4v) is 4.16. The molecule has 9 heteroatoms. The van der Waals surface area contributed by atoms with Crippen molar-refractivity contribution in [3.05, 3.63) is 68.9 Å². The van der Waals surface area contributed by atoms with Crippen LogP contribution in [0.25, 0.3) is 10.9 Å². The number of benzene rings is 2. The van der Waals surface area contributed by atoms with Crippen molar-refractivity contribution in [1.82, 2.24) is 14.9 Å². The van der Waals surface area contributed by atoms with E-state index in [4.69, 9.17) is 4.74 Å². The van der Waals surface area contributed by atoms with E-state index in [1.807, 2.05) is 43.3 Å². The first-order chi connectivity index (χ1) is 14.4. The summed E-state index contributed by atoms with van der Waals surface area (Å²) in [4.78, 5) is 41.5. The minimum Gasteiger partial charge on any atom is -0.450 e. The number of halogens is 1.